The molecule has 0 bridgehead atoms. The van der Waals surface area contributed by atoms with Gasteiger partial charge in [0.05, 0.1) is 12.2 Å². The van der Waals surface area contributed by atoms with Crippen LogP contribution in [0.5, 0.6) is 0 Å². The summed E-state index contributed by atoms with van der Waals surface area (Å²) in [5, 5.41) is 7.69. The van der Waals surface area contributed by atoms with Crippen molar-refractivity contribution < 1.29 is 18.0 Å². The predicted molar refractivity (Wildman–Crippen MR) is 69.2 cm³/mol. The molecular formula is C11H12F3N3OS. The third-order valence-corrected chi connectivity index (χ3v) is 2.34. The Morgan fingerprint density at radius 2 is 1.89 bits per heavy atom. The van der Waals surface area contributed by atoms with Crippen LogP contribution in [0, 0.1) is 17.5 Å². The number of hydrogen-bond donors (Lipinski definition) is 3. The standard InChI is InChI=1S/C11H12F3N3OS/c1-2-15-11(19)16-5-8(18)17-7-4-3-6(12)9(13)10(7)14/h3-4H,2,5H2,1H3,(H,17,18)(H2,15,16,19). The van der Waals surface area contributed by atoms with Gasteiger partial charge in [-0.1, -0.05) is 0 Å². The zero-order valence-electron chi connectivity index (χ0n) is 10.0. The van der Waals surface area contributed by atoms with E-state index in [0.29, 0.717) is 6.54 Å². The van der Waals surface area contributed by atoms with Crippen molar-refractivity contribution in [3.63, 3.8) is 0 Å². The van der Waals surface area contributed by atoms with E-state index in [-0.39, 0.29) is 11.7 Å². The highest BCUT2D eigenvalue weighted by Crippen LogP contribution is 2.19. The Labute approximate surface area is 113 Å². The molecule has 8 heteroatoms. The Kier molecular flexibility index (Phi) is 5.56. The summed E-state index contributed by atoms with van der Waals surface area (Å²) in [6, 6.07) is 1.67. The summed E-state index contributed by atoms with van der Waals surface area (Å²) in [6.07, 6.45) is 0. The van der Waals surface area contributed by atoms with Crippen molar-refractivity contribution in [1.82, 2.24) is 10.6 Å². The quantitative estimate of drug-likeness (QED) is 0.582. The minimum Gasteiger partial charge on any atom is -0.363 e. The zero-order chi connectivity index (χ0) is 14.4. The van der Waals surface area contributed by atoms with Gasteiger partial charge in [-0.2, -0.15) is 0 Å². The summed E-state index contributed by atoms with van der Waals surface area (Å²) in [6.45, 7) is 2.19. The van der Waals surface area contributed by atoms with E-state index in [2.05, 4.69) is 16.0 Å². The Morgan fingerprint density at radius 3 is 2.53 bits per heavy atom. The van der Waals surface area contributed by atoms with Gasteiger partial charge in [0.2, 0.25) is 5.91 Å². The smallest absolute Gasteiger partial charge is 0.243 e. The zero-order valence-corrected chi connectivity index (χ0v) is 10.8. The molecule has 104 valence electrons. The first-order chi connectivity index (χ1) is 8.95. The molecule has 19 heavy (non-hydrogen) atoms. The van der Waals surface area contributed by atoms with Crippen molar-refractivity contribution in [2.45, 2.75) is 6.92 Å². The van der Waals surface area contributed by atoms with Crippen LogP contribution in [0.1, 0.15) is 6.92 Å². The maximum absolute atomic E-state index is 13.3. The van der Waals surface area contributed by atoms with Crippen LogP contribution in [0.15, 0.2) is 12.1 Å². The minimum absolute atomic E-state index is 0.218. The van der Waals surface area contributed by atoms with Crippen molar-refractivity contribution in [3.8, 4) is 0 Å². The second kappa shape index (κ2) is 6.93. The summed E-state index contributed by atoms with van der Waals surface area (Å²) in [5.74, 6) is -5.02. The van der Waals surface area contributed by atoms with Crippen molar-refractivity contribution in [2.24, 2.45) is 0 Å². The van der Waals surface area contributed by atoms with E-state index in [1.807, 2.05) is 6.92 Å². The second-order valence-corrected chi connectivity index (χ2v) is 3.89. The maximum Gasteiger partial charge on any atom is 0.243 e. The number of hydrogen-bond acceptors (Lipinski definition) is 2. The maximum atomic E-state index is 13.3. The molecule has 0 aromatic heterocycles. The van der Waals surface area contributed by atoms with Gasteiger partial charge in [-0.25, -0.2) is 13.2 Å². The lowest BCUT2D eigenvalue weighted by atomic mass is 10.2. The lowest BCUT2D eigenvalue weighted by Crippen LogP contribution is -2.39. The van der Waals surface area contributed by atoms with Gasteiger partial charge >= 0.3 is 0 Å². The van der Waals surface area contributed by atoms with Gasteiger partial charge < -0.3 is 16.0 Å². The second-order valence-electron chi connectivity index (χ2n) is 3.48. The van der Waals surface area contributed by atoms with Gasteiger partial charge in [-0.3, -0.25) is 4.79 Å². The van der Waals surface area contributed by atoms with Gasteiger partial charge in [-0.15, -0.1) is 0 Å². The van der Waals surface area contributed by atoms with E-state index >= 15 is 0 Å². The van der Waals surface area contributed by atoms with Crippen molar-refractivity contribution in [1.29, 1.82) is 0 Å². The van der Waals surface area contributed by atoms with Crippen LogP contribution in [0.3, 0.4) is 0 Å². The van der Waals surface area contributed by atoms with E-state index in [9.17, 15) is 18.0 Å². The highest BCUT2D eigenvalue weighted by atomic mass is 32.1. The van der Waals surface area contributed by atoms with Gasteiger partial charge in [0, 0.05) is 6.54 Å². The van der Waals surface area contributed by atoms with E-state index in [0.717, 1.165) is 12.1 Å². The van der Waals surface area contributed by atoms with Crippen LogP contribution in [-0.4, -0.2) is 24.1 Å². The molecule has 1 rings (SSSR count). The number of rotatable bonds is 4. The molecular weight excluding hydrogens is 279 g/mol. The topological polar surface area (TPSA) is 53.2 Å². The van der Waals surface area contributed by atoms with E-state index < -0.39 is 29.0 Å². The molecule has 0 atom stereocenters. The summed E-state index contributed by atoms with van der Waals surface area (Å²) >= 11 is 4.81. The average molecular weight is 291 g/mol. The van der Waals surface area contributed by atoms with Crippen molar-refractivity contribution >= 4 is 28.9 Å². The molecule has 1 amide bonds. The van der Waals surface area contributed by atoms with E-state index in [1.54, 1.807) is 0 Å². The molecule has 0 aliphatic carbocycles. The van der Waals surface area contributed by atoms with Crippen LogP contribution in [0.2, 0.25) is 0 Å². The molecule has 0 heterocycles. The first-order valence-electron chi connectivity index (χ1n) is 5.40. The van der Waals surface area contributed by atoms with Crippen LogP contribution in [0.25, 0.3) is 0 Å². The monoisotopic (exact) mass is 291 g/mol. The van der Waals surface area contributed by atoms with Crippen molar-refractivity contribution in [3.05, 3.63) is 29.6 Å². The molecule has 0 aliphatic heterocycles. The lowest BCUT2D eigenvalue weighted by Gasteiger charge is -2.10. The van der Waals surface area contributed by atoms with E-state index in [1.165, 1.54) is 0 Å². The van der Waals surface area contributed by atoms with Crippen LogP contribution in [0.4, 0.5) is 18.9 Å². The molecule has 0 unspecified atom stereocenters. The SMILES string of the molecule is CCNC(=S)NCC(=O)Nc1ccc(F)c(F)c1F. The fraction of sp³-hybridized carbons (Fsp3) is 0.273. The normalized spacial score (nSPS) is 9.89. The lowest BCUT2D eigenvalue weighted by molar-refractivity contribution is -0.115. The largest absolute Gasteiger partial charge is 0.363 e. The number of halogens is 3. The molecule has 4 nitrogen and oxygen atoms in total. The summed E-state index contributed by atoms with van der Waals surface area (Å²) < 4.78 is 38.8. The van der Waals surface area contributed by atoms with Crippen LogP contribution < -0.4 is 16.0 Å². The Morgan fingerprint density at radius 1 is 1.21 bits per heavy atom. The number of benzene rings is 1. The molecule has 0 saturated heterocycles. The Bertz CT molecular complexity index is 496. The molecule has 0 saturated carbocycles. The molecule has 0 spiro atoms. The highest BCUT2D eigenvalue weighted by molar-refractivity contribution is 7.80. The summed E-state index contributed by atoms with van der Waals surface area (Å²) in [7, 11) is 0. The predicted octanol–water partition coefficient (Wildman–Crippen LogP) is 1.53. The average Bonchev–Trinajstić information content (AvgIpc) is 2.37. The fourth-order valence-electron chi connectivity index (χ4n) is 1.20. The summed E-state index contributed by atoms with van der Waals surface area (Å²) in [5.41, 5.74) is -0.430. The molecule has 0 radical (unpaired) electrons. The van der Waals surface area contributed by atoms with Crippen LogP contribution in [-0.2, 0) is 4.79 Å². The molecule has 0 aliphatic rings. The Hall–Kier alpha value is -1.83. The fourth-order valence-corrected chi connectivity index (χ4v) is 1.42. The molecule has 1 aromatic rings. The number of carbonyl (C=O) groups excluding carboxylic acids is 1. The van der Waals surface area contributed by atoms with E-state index in [4.69, 9.17) is 12.2 Å². The number of anilines is 1. The number of carbonyl (C=O) groups is 1. The number of amides is 1. The van der Waals surface area contributed by atoms with Crippen LogP contribution >= 0.6 is 12.2 Å². The van der Waals surface area contributed by atoms with Gasteiger partial charge in [0.15, 0.2) is 22.6 Å². The highest BCUT2D eigenvalue weighted by Gasteiger charge is 2.15. The van der Waals surface area contributed by atoms with Gasteiger partial charge in [0.25, 0.3) is 0 Å². The third kappa shape index (κ3) is 4.40. The minimum atomic E-state index is -1.63. The van der Waals surface area contributed by atoms with Gasteiger partial charge in [0.1, 0.15) is 0 Å². The number of thiocarbonyl (C=S) groups is 1. The summed E-state index contributed by atoms with van der Waals surface area (Å²) in [4.78, 5) is 11.4. The van der Waals surface area contributed by atoms with Gasteiger partial charge in [-0.05, 0) is 31.3 Å². The van der Waals surface area contributed by atoms with Crippen molar-refractivity contribution in [2.75, 3.05) is 18.4 Å². The third-order valence-electron chi connectivity index (χ3n) is 2.06. The first-order valence-corrected chi connectivity index (χ1v) is 5.81. The first kappa shape index (κ1) is 15.2. The molecule has 1 aromatic carbocycles. The Balaban J connectivity index is 2.58. The molecule has 0 fully saturated rings. The molecule has 3 N–H and O–H groups in total. The number of nitrogens with one attached hydrogen (secondary N) is 3.